The van der Waals surface area contributed by atoms with Gasteiger partial charge in [-0.25, -0.2) is 4.98 Å². The van der Waals surface area contributed by atoms with Crippen molar-refractivity contribution < 1.29 is 0 Å². The summed E-state index contributed by atoms with van der Waals surface area (Å²) < 4.78 is 2.16. The molecule has 4 aromatic heterocycles. The number of nitrogens with zero attached hydrogens (tertiary/aromatic N) is 4. The first-order valence-corrected chi connectivity index (χ1v) is 9.94. The Kier molecular flexibility index (Phi) is 4.59. The molecule has 0 aliphatic heterocycles. The standard InChI is InChI=1S/C23H23N5/c1-2-15-28-21(10-1)27-20(23(28)18-8-4-12-24-16-18)11-14-25-19-9-3-6-17-7-5-13-26-22(17)19/h1-2,4-5,7-8,10,12-13,15-16,19,25H,3,6,9,11,14H2/t19-/m0/s1. The molecule has 4 aromatic rings. The van der Waals surface area contributed by atoms with Crippen LogP contribution in [0, 0.1) is 0 Å². The van der Waals surface area contributed by atoms with E-state index in [1.807, 2.05) is 42.9 Å². The third-order valence-electron chi connectivity index (χ3n) is 5.48. The molecular formula is C23H23N5. The summed E-state index contributed by atoms with van der Waals surface area (Å²) in [5, 5.41) is 3.72. The summed E-state index contributed by atoms with van der Waals surface area (Å²) in [5.41, 5.74) is 6.91. The zero-order valence-corrected chi connectivity index (χ0v) is 15.8. The average Bonchev–Trinajstić information content (AvgIpc) is 3.13. The van der Waals surface area contributed by atoms with Crippen molar-refractivity contribution in [3.8, 4) is 11.3 Å². The van der Waals surface area contributed by atoms with Crippen molar-refractivity contribution in [3.05, 3.63) is 84.2 Å². The molecule has 0 radical (unpaired) electrons. The maximum atomic E-state index is 4.90. The largest absolute Gasteiger partial charge is 0.308 e. The highest BCUT2D eigenvalue weighted by atomic mass is 15.0. The zero-order valence-electron chi connectivity index (χ0n) is 15.8. The van der Waals surface area contributed by atoms with E-state index in [1.54, 1.807) is 0 Å². The monoisotopic (exact) mass is 369 g/mol. The van der Waals surface area contributed by atoms with Gasteiger partial charge in [-0.1, -0.05) is 12.1 Å². The highest BCUT2D eigenvalue weighted by molar-refractivity contribution is 5.66. The van der Waals surface area contributed by atoms with E-state index in [1.165, 1.54) is 17.7 Å². The first kappa shape index (κ1) is 17.1. The Hall–Kier alpha value is -3.05. The normalized spacial score (nSPS) is 16.2. The van der Waals surface area contributed by atoms with Gasteiger partial charge in [0, 0.05) is 49.4 Å². The Bertz CT molecular complexity index is 1090. The summed E-state index contributed by atoms with van der Waals surface area (Å²) in [7, 11) is 0. The number of rotatable bonds is 5. The van der Waals surface area contributed by atoms with Gasteiger partial charge in [0.25, 0.3) is 0 Å². The van der Waals surface area contributed by atoms with Gasteiger partial charge in [-0.2, -0.15) is 0 Å². The number of aromatic nitrogens is 4. The van der Waals surface area contributed by atoms with Gasteiger partial charge < -0.3 is 5.32 Å². The van der Waals surface area contributed by atoms with Crippen molar-refractivity contribution in [3.63, 3.8) is 0 Å². The molecule has 1 atom stereocenters. The maximum Gasteiger partial charge on any atom is 0.137 e. The SMILES string of the molecule is c1cncc(-c2c(CCN[C@H]3CCCc4cccnc43)nc3ccccn23)c1. The molecule has 1 N–H and O–H groups in total. The Morgan fingerprint density at radius 2 is 2.04 bits per heavy atom. The van der Waals surface area contributed by atoms with Crippen LogP contribution < -0.4 is 5.32 Å². The van der Waals surface area contributed by atoms with E-state index >= 15 is 0 Å². The third kappa shape index (κ3) is 3.18. The van der Waals surface area contributed by atoms with E-state index in [9.17, 15) is 0 Å². The molecule has 0 saturated carbocycles. The second-order valence-electron chi connectivity index (χ2n) is 7.27. The third-order valence-corrected chi connectivity index (χ3v) is 5.48. The van der Waals surface area contributed by atoms with Gasteiger partial charge in [-0.05, 0) is 55.2 Å². The fourth-order valence-electron chi connectivity index (χ4n) is 4.20. The zero-order chi connectivity index (χ0) is 18.8. The van der Waals surface area contributed by atoms with Crippen molar-refractivity contribution in [2.24, 2.45) is 0 Å². The van der Waals surface area contributed by atoms with Crippen LogP contribution in [0.15, 0.2) is 67.3 Å². The van der Waals surface area contributed by atoms with Crippen LogP contribution in [0.25, 0.3) is 16.9 Å². The molecule has 0 amide bonds. The van der Waals surface area contributed by atoms with Crippen molar-refractivity contribution >= 4 is 5.65 Å². The van der Waals surface area contributed by atoms with Crippen LogP contribution in [0.2, 0.25) is 0 Å². The molecule has 0 unspecified atom stereocenters. The lowest BCUT2D eigenvalue weighted by Crippen LogP contribution is -2.28. The fraction of sp³-hybridized carbons (Fsp3) is 0.261. The maximum absolute atomic E-state index is 4.90. The van der Waals surface area contributed by atoms with Crippen LogP contribution >= 0.6 is 0 Å². The number of pyridine rings is 3. The molecule has 4 heterocycles. The quantitative estimate of drug-likeness (QED) is 0.578. The molecule has 5 heteroatoms. The van der Waals surface area contributed by atoms with Crippen molar-refractivity contribution in [1.82, 2.24) is 24.7 Å². The summed E-state index contributed by atoms with van der Waals surface area (Å²) in [6.07, 6.45) is 12.1. The second-order valence-corrected chi connectivity index (χ2v) is 7.27. The number of imidazole rings is 1. The fourth-order valence-corrected chi connectivity index (χ4v) is 4.20. The molecule has 0 bridgehead atoms. The number of hydrogen-bond acceptors (Lipinski definition) is 4. The summed E-state index contributed by atoms with van der Waals surface area (Å²) >= 11 is 0. The summed E-state index contributed by atoms with van der Waals surface area (Å²) in [6.45, 7) is 0.873. The first-order valence-electron chi connectivity index (χ1n) is 9.94. The predicted molar refractivity (Wildman–Crippen MR) is 110 cm³/mol. The highest BCUT2D eigenvalue weighted by Crippen LogP contribution is 2.28. The molecule has 5 rings (SSSR count). The van der Waals surface area contributed by atoms with E-state index in [0.29, 0.717) is 6.04 Å². The van der Waals surface area contributed by atoms with Gasteiger partial charge in [-0.15, -0.1) is 0 Å². The smallest absolute Gasteiger partial charge is 0.137 e. The molecule has 0 aromatic carbocycles. The Labute approximate surface area is 164 Å². The minimum absolute atomic E-state index is 0.337. The van der Waals surface area contributed by atoms with Crippen molar-refractivity contribution in [2.75, 3.05) is 6.54 Å². The molecule has 1 aliphatic carbocycles. The van der Waals surface area contributed by atoms with E-state index in [0.717, 1.165) is 48.4 Å². The number of aryl methyl sites for hydroxylation is 1. The lowest BCUT2D eigenvalue weighted by molar-refractivity contribution is 0.451. The second kappa shape index (κ2) is 7.52. The minimum Gasteiger partial charge on any atom is -0.308 e. The molecule has 0 fully saturated rings. The van der Waals surface area contributed by atoms with E-state index in [-0.39, 0.29) is 0 Å². The average molecular weight is 369 g/mol. The number of fused-ring (bicyclic) bond motifs is 2. The molecule has 0 saturated heterocycles. The Balaban J connectivity index is 1.39. The molecule has 1 aliphatic rings. The van der Waals surface area contributed by atoms with Crippen LogP contribution in [0.3, 0.4) is 0 Å². The van der Waals surface area contributed by atoms with E-state index in [4.69, 9.17) is 4.98 Å². The van der Waals surface area contributed by atoms with Crippen LogP contribution in [-0.2, 0) is 12.8 Å². The summed E-state index contributed by atoms with van der Waals surface area (Å²) in [4.78, 5) is 13.8. The van der Waals surface area contributed by atoms with Crippen LogP contribution in [0.4, 0.5) is 0 Å². The van der Waals surface area contributed by atoms with Gasteiger partial charge in [-0.3, -0.25) is 14.4 Å². The highest BCUT2D eigenvalue weighted by Gasteiger charge is 2.21. The van der Waals surface area contributed by atoms with Crippen molar-refractivity contribution in [2.45, 2.75) is 31.7 Å². The molecule has 0 spiro atoms. The summed E-state index contributed by atoms with van der Waals surface area (Å²) in [5.74, 6) is 0. The van der Waals surface area contributed by atoms with Gasteiger partial charge in [0.15, 0.2) is 0 Å². The lowest BCUT2D eigenvalue weighted by atomic mass is 9.92. The first-order chi connectivity index (χ1) is 13.9. The van der Waals surface area contributed by atoms with Gasteiger partial charge in [0.05, 0.1) is 17.1 Å². The van der Waals surface area contributed by atoms with Gasteiger partial charge in [0.1, 0.15) is 5.65 Å². The van der Waals surface area contributed by atoms with Gasteiger partial charge in [0.2, 0.25) is 0 Å². The lowest BCUT2D eigenvalue weighted by Gasteiger charge is -2.25. The summed E-state index contributed by atoms with van der Waals surface area (Å²) in [6, 6.07) is 14.8. The van der Waals surface area contributed by atoms with E-state index in [2.05, 4.69) is 44.1 Å². The van der Waals surface area contributed by atoms with Crippen LogP contribution in [-0.4, -0.2) is 25.9 Å². The van der Waals surface area contributed by atoms with E-state index < -0.39 is 0 Å². The Morgan fingerprint density at radius 1 is 1.07 bits per heavy atom. The molecule has 28 heavy (non-hydrogen) atoms. The minimum atomic E-state index is 0.337. The van der Waals surface area contributed by atoms with Crippen LogP contribution in [0.5, 0.6) is 0 Å². The number of hydrogen-bond donors (Lipinski definition) is 1. The molecule has 5 nitrogen and oxygen atoms in total. The van der Waals surface area contributed by atoms with Gasteiger partial charge >= 0.3 is 0 Å². The molecular weight excluding hydrogens is 346 g/mol. The topological polar surface area (TPSA) is 55.1 Å². The molecule has 140 valence electrons. The number of nitrogens with one attached hydrogen (secondary N) is 1. The predicted octanol–water partition coefficient (Wildman–Crippen LogP) is 4.00. The Morgan fingerprint density at radius 3 is 2.96 bits per heavy atom. The van der Waals surface area contributed by atoms with Crippen LogP contribution in [0.1, 0.15) is 35.8 Å². The van der Waals surface area contributed by atoms with Crippen molar-refractivity contribution in [1.29, 1.82) is 0 Å².